The molecule has 0 aliphatic rings. The fourth-order valence-corrected chi connectivity index (χ4v) is 4.11. The molecule has 0 bridgehead atoms. The lowest BCUT2D eigenvalue weighted by Crippen LogP contribution is -2.47. The van der Waals surface area contributed by atoms with Gasteiger partial charge in [0.1, 0.15) is 17.5 Å². The largest absolute Gasteiger partial charge is 0.497 e. The lowest BCUT2D eigenvalue weighted by Gasteiger charge is -2.30. The summed E-state index contributed by atoms with van der Waals surface area (Å²) in [5.41, 5.74) is 0.737. The first-order valence-electron chi connectivity index (χ1n) is 8.49. The number of hydrogen-bond donors (Lipinski definition) is 1. The van der Waals surface area contributed by atoms with Crippen LogP contribution >= 0.6 is 11.6 Å². The van der Waals surface area contributed by atoms with Gasteiger partial charge in [0, 0.05) is 11.1 Å². The molecule has 0 aliphatic heterocycles. The summed E-state index contributed by atoms with van der Waals surface area (Å²) in [5.74, 6) is 0.470. The Labute approximate surface area is 170 Å². The minimum atomic E-state index is -3.73. The minimum absolute atomic E-state index is 0.258. The van der Waals surface area contributed by atoms with E-state index in [1.807, 2.05) is 0 Å². The number of benzene rings is 2. The Morgan fingerprint density at radius 3 is 2.29 bits per heavy atom. The predicted octanol–water partition coefficient (Wildman–Crippen LogP) is 3.54. The van der Waals surface area contributed by atoms with E-state index < -0.39 is 22.0 Å². The van der Waals surface area contributed by atoms with Crippen LogP contribution in [0.2, 0.25) is 5.02 Å². The number of rotatable bonds is 8. The second kappa shape index (κ2) is 9.16. The van der Waals surface area contributed by atoms with E-state index in [-0.39, 0.29) is 6.42 Å². The molecule has 0 heterocycles. The monoisotopic (exact) mass is 426 g/mol. The molecule has 0 saturated heterocycles. The number of anilines is 2. The number of hydrogen-bond acceptors (Lipinski definition) is 5. The lowest BCUT2D eigenvalue weighted by atomic mass is 10.1. The summed E-state index contributed by atoms with van der Waals surface area (Å²) in [6.45, 7) is 1.74. The summed E-state index contributed by atoms with van der Waals surface area (Å²) >= 11 is 5.90. The lowest BCUT2D eigenvalue weighted by molar-refractivity contribution is -0.117. The average molecular weight is 427 g/mol. The topological polar surface area (TPSA) is 84.9 Å². The van der Waals surface area contributed by atoms with Gasteiger partial charge in [-0.15, -0.1) is 0 Å². The standard InChI is InChI=1S/C19H23ClN2O5S/c1-5-17(22(28(4,24)25)14-8-6-13(20)7-9-14)19(23)21-16-12-15(26-2)10-11-18(16)27-3/h6-12,17H,5H2,1-4H3,(H,21,23)/t17-/m1/s1. The molecule has 2 aromatic carbocycles. The maximum atomic E-state index is 13.0. The molecule has 0 aromatic heterocycles. The van der Waals surface area contributed by atoms with Crippen LogP contribution in [0.25, 0.3) is 0 Å². The molecular weight excluding hydrogens is 404 g/mol. The molecule has 0 aliphatic carbocycles. The van der Waals surface area contributed by atoms with Crippen molar-refractivity contribution in [3.05, 3.63) is 47.5 Å². The van der Waals surface area contributed by atoms with E-state index in [1.165, 1.54) is 14.2 Å². The summed E-state index contributed by atoms with van der Waals surface area (Å²) in [6.07, 6.45) is 1.32. The van der Waals surface area contributed by atoms with Gasteiger partial charge in [0.2, 0.25) is 15.9 Å². The molecule has 1 amide bonds. The number of halogens is 1. The van der Waals surface area contributed by atoms with Gasteiger partial charge in [0.05, 0.1) is 31.9 Å². The van der Waals surface area contributed by atoms with Gasteiger partial charge >= 0.3 is 0 Å². The second-order valence-electron chi connectivity index (χ2n) is 6.01. The van der Waals surface area contributed by atoms with Crippen molar-refractivity contribution in [2.24, 2.45) is 0 Å². The van der Waals surface area contributed by atoms with Gasteiger partial charge < -0.3 is 14.8 Å². The number of carbonyl (C=O) groups is 1. The van der Waals surface area contributed by atoms with Gasteiger partial charge in [-0.3, -0.25) is 9.10 Å². The first-order valence-corrected chi connectivity index (χ1v) is 10.7. The summed E-state index contributed by atoms with van der Waals surface area (Å²) in [6, 6.07) is 10.3. The number of nitrogens with zero attached hydrogens (tertiary/aromatic N) is 1. The summed E-state index contributed by atoms with van der Waals surface area (Å²) in [5, 5.41) is 3.21. The van der Waals surface area contributed by atoms with Crippen molar-refractivity contribution in [3.8, 4) is 11.5 Å². The van der Waals surface area contributed by atoms with Crippen LogP contribution in [0.1, 0.15) is 13.3 Å². The molecule has 0 saturated carbocycles. The average Bonchev–Trinajstić information content (AvgIpc) is 2.65. The van der Waals surface area contributed by atoms with Gasteiger partial charge in [-0.2, -0.15) is 0 Å². The Morgan fingerprint density at radius 2 is 1.79 bits per heavy atom. The van der Waals surface area contributed by atoms with Crippen molar-refractivity contribution < 1.29 is 22.7 Å². The number of nitrogens with one attached hydrogen (secondary N) is 1. The van der Waals surface area contributed by atoms with Crippen LogP contribution < -0.4 is 19.1 Å². The van der Waals surface area contributed by atoms with Crippen LogP contribution in [-0.2, 0) is 14.8 Å². The predicted molar refractivity (Wildman–Crippen MR) is 111 cm³/mol. The van der Waals surface area contributed by atoms with Crippen molar-refractivity contribution in [2.45, 2.75) is 19.4 Å². The van der Waals surface area contributed by atoms with Crippen molar-refractivity contribution in [3.63, 3.8) is 0 Å². The maximum Gasteiger partial charge on any atom is 0.248 e. The Kier molecular flexibility index (Phi) is 7.15. The van der Waals surface area contributed by atoms with Crippen LogP contribution in [0, 0.1) is 0 Å². The molecule has 0 fully saturated rings. The summed E-state index contributed by atoms with van der Waals surface area (Å²) in [4.78, 5) is 13.0. The highest BCUT2D eigenvalue weighted by Crippen LogP contribution is 2.30. The van der Waals surface area contributed by atoms with E-state index in [4.69, 9.17) is 21.1 Å². The number of sulfonamides is 1. The van der Waals surface area contributed by atoms with Crippen molar-refractivity contribution in [1.82, 2.24) is 0 Å². The van der Waals surface area contributed by atoms with Crippen LogP contribution in [0.15, 0.2) is 42.5 Å². The quantitative estimate of drug-likeness (QED) is 0.697. The molecule has 2 rings (SSSR count). The third-order valence-corrected chi connectivity index (χ3v) is 5.51. The SMILES string of the molecule is CC[C@H](C(=O)Nc1cc(OC)ccc1OC)N(c1ccc(Cl)cc1)S(C)(=O)=O. The fourth-order valence-electron chi connectivity index (χ4n) is 2.78. The van der Waals surface area contributed by atoms with Gasteiger partial charge in [-0.05, 0) is 42.8 Å². The highest BCUT2D eigenvalue weighted by Gasteiger charge is 2.32. The number of methoxy groups -OCH3 is 2. The zero-order valence-electron chi connectivity index (χ0n) is 16.1. The third-order valence-electron chi connectivity index (χ3n) is 4.08. The fraction of sp³-hybridized carbons (Fsp3) is 0.316. The van der Waals surface area contributed by atoms with E-state index in [0.717, 1.165) is 10.6 Å². The minimum Gasteiger partial charge on any atom is -0.497 e. The maximum absolute atomic E-state index is 13.0. The molecular formula is C19H23ClN2O5S. The second-order valence-corrected chi connectivity index (χ2v) is 8.31. The molecule has 28 heavy (non-hydrogen) atoms. The van der Waals surface area contributed by atoms with E-state index >= 15 is 0 Å². The molecule has 0 spiro atoms. The van der Waals surface area contributed by atoms with Gasteiger partial charge in [0.15, 0.2) is 0 Å². The van der Waals surface area contributed by atoms with Crippen molar-refractivity contribution in [2.75, 3.05) is 30.1 Å². The van der Waals surface area contributed by atoms with Gasteiger partial charge in [-0.1, -0.05) is 18.5 Å². The Morgan fingerprint density at radius 1 is 1.14 bits per heavy atom. The first-order chi connectivity index (χ1) is 13.2. The Bertz CT molecular complexity index is 932. The number of carbonyl (C=O) groups excluding carboxylic acids is 1. The van der Waals surface area contributed by atoms with E-state index in [0.29, 0.717) is 27.9 Å². The molecule has 2 aromatic rings. The molecule has 9 heteroatoms. The highest BCUT2D eigenvalue weighted by atomic mass is 35.5. The zero-order chi connectivity index (χ0) is 20.9. The number of amides is 1. The third kappa shape index (κ3) is 5.08. The van der Waals surface area contributed by atoms with Crippen LogP contribution in [0.4, 0.5) is 11.4 Å². The molecule has 1 atom stereocenters. The normalized spacial score (nSPS) is 12.2. The smallest absolute Gasteiger partial charge is 0.248 e. The molecule has 0 unspecified atom stereocenters. The van der Waals surface area contributed by atoms with Crippen LogP contribution in [-0.4, -0.2) is 40.8 Å². The van der Waals surface area contributed by atoms with Crippen LogP contribution in [0.3, 0.4) is 0 Å². The molecule has 1 N–H and O–H groups in total. The van der Waals surface area contributed by atoms with Gasteiger partial charge in [-0.25, -0.2) is 8.42 Å². The zero-order valence-corrected chi connectivity index (χ0v) is 17.7. The van der Waals surface area contributed by atoms with Crippen LogP contribution in [0.5, 0.6) is 11.5 Å². The molecule has 152 valence electrons. The summed E-state index contributed by atoms with van der Waals surface area (Å²) in [7, 11) is -0.749. The highest BCUT2D eigenvalue weighted by molar-refractivity contribution is 7.92. The number of ether oxygens (including phenoxy) is 2. The van der Waals surface area contributed by atoms with Gasteiger partial charge in [0.25, 0.3) is 0 Å². The van der Waals surface area contributed by atoms with E-state index in [9.17, 15) is 13.2 Å². The van der Waals surface area contributed by atoms with E-state index in [1.54, 1.807) is 49.4 Å². The molecule has 7 nitrogen and oxygen atoms in total. The Hall–Kier alpha value is -2.45. The Balaban J connectivity index is 2.41. The summed E-state index contributed by atoms with van der Waals surface area (Å²) < 4.78 is 36.5. The van der Waals surface area contributed by atoms with E-state index in [2.05, 4.69) is 5.32 Å². The van der Waals surface area contributed by atoms with Crippen molar-refractivity contribution >= 4 is 38.9 Å². The van der Waals surface area contributed by atoms with Crippen molar-refractivity contribution in [1.29, 1.82) is 0 Å². The molecule has 0 radical (unpaired) electrons. The first kappa shape index (κ1) is 21.8.